The molecule has 1 aromatic heterocycles. The van der Waals surface area contributed by atoms with E-state index >= 15 is 0 Å². The Morgan fingerprint density at radius 1 is 1.20 bits per heavy atom. The van der Waals surface area contributed by atoms with Gasteiger partial charge >= 0.3 is 0 Å². The predicted octanol–water partition coefficient (Wildman–Crippen LogP) is 3.75. The Hall–Kier alpha value is -0.580. The Morgan fingerprint density at radius 3 is 2.60 bits per heavy atom. The molecule has 1 aliphatic rings. The van der Waals surface area contributed by atoms with Gasteiger partial charge in [-0.3, -0.25) is 4.90 Å². The van der Waals surface area contributed by atoms with Crippen molar-refractivity contribution >= 4 is 35.3 Å². The van der Waals surface area contributed by atoms with Crippen LogP contribution in [0.25, 0.3) is 0 Å². The van der Waals surface area contributed by atoms with Crippen LogP contribution in [0.1, 0.15) is 17.0 Å². The zero-order chi connectivity index (χ0) is 13.2. The number of nitrogens with zero attached hydrogens (tertiary/aromatic N) is 1. The molecular weight excluding hydrogens is 311 g/mol. The zero-order valence-electron chi connectivity index (χ0n) is 11.0. The molecule has 0 bridgehead atoms. The molecule has 0 amide bonds. The van der Waals surface area contributed by atoms with Gasteiger partial charge in [0, 0.05) is 31.6 Å². The molecule has 2 heterocycles. The SMILES string of the molecule is Cl.N[C@@H]1CN(Cc2ccsc2Cl)C[C@H]1c1ccccc1. The maximum atomic E-state index is 6.30. The first-order valence-corrected chi connectivity index (χ1v) is 7.74. The van der Waals surface area contributed by atoms with E-state index in [-0.39, 0.29) is 18.4 Å². The van der Waals surface area contributed by atoms with Crippen molar-refractivity contribution in [2.45, 2.75) is 18.5 Å². The average Bonchev–Trinajstić information content (AvgIpc) is 2.98. The first-order valence-electron chi connectivity index (χ1n) is 6.49. The lowest BCUT2D eigenvalue weighted by atomic mass is 9.95. The standard InChI is InChI=1S/C15H17ClN2S.ClH/c16-15-12(6-7-19-15)8-18-9-13(14(17)10-18)11-4-2-1-3-5-11;/h1-7,13-14H,8-10,17H2;1H/t13-,14+;/m0./s1. The molecule has 2 aromatic rings. The van der Waals surface area contributed by atoms with E-state index in [1.165, 1.54) is 11.1 Å². The molecule has 2 N–H and O–H groups in total. The van der Waals surface area contributed by atoms with Gasteiger partial charge in [0.2, 0.25) is 0 Å². The van der Waals surface area contributed by atoms with E-state index in [1.54, 1.807) is 11.3 Å². The highest BCUT2D eigenvalue weighted by Crippen LogP contribution is 2.30. The number of nitrogens with two attached hydrogens (primary N) is 1. The monoisotopic (exact) mass is 328 g/mol. The number of halogens is 2. The van der Waals surface area contributed by atoms with Crippen LogP contribution in [-0.2, 0) is 6.54 Å². The molecule has 1 aliphatic heterocycles. The van der Waals surface area contributed by atoms with Crippen molar-refractivity contribution in [3.8, 4) is 0 Å². The zero-order valence-corrected chi connectivity index (χ0v) is 13.4. The van der Waals surface area contributed by atoms with E-state index in [4.69, 9.17) is 17.3 Å². The van der Waals surface area contributed by atoms with Gasteiger partial charge in [-0.05, 0) is 22.6 Å². The molecule has 5 heteroatoms. The molecule has 1 fully saturated rings. The molecule has 2 nitrogen and oxygen atoms in total. The number of benzene rings is 1. The minimum atomic E-state index is 0. The van der Waals surface area contributed by atoms with Gasteiger partial charge in [0.25, 0.3) is 0 Å². The molecule has 20 heavy (non-hydrogen) atoms. The molecule has 1 aromatic carbocycles. The summed E-state index contributed by atoms with van der Waals surface area (Å²) in [5, 5.41) is 2.04. The van der Waals surface area contributed by atoms with Crippen LogP contribution < -0.4 is 5.73 Å². The van der Waals surface area contributed by atoms with E-state index in [2.05, 4.69) is 35.2 Å². The first-order chi connectivity index (χ1) is 9.24. The van der Waals surface area contributed by atoms with Crippen LogP contribution in [0.2, 0.25) is 4.34 Å². The summed E-state index contributed by atoms with van der Waals surface area (Å²) in [4.78, 5) is 2.40. The van der Waals surface area contributed by atoms with Crippen LogP contribution in [0.15, 0.2) is 41.8 Å². The van der Waals surface area contributed by atoms with Crippen LogP contribution in [-0.4, -0.2) is 24.0 Å². The van der Waals surface area contributed by atoms with Gasteiger partial charge in [-0.25, -0.2) is 0 Å². The van der Waals surface area contributed by atoms with Crippen molar-refractivity contribution in [3.05, 3.63) is 57.2 Å². The number of hydrogen-bond donors (Lipinski definition) is 1. The minimum Gasteiger partial charge on any atom is -0.326 e. The van der Waals surface area contributed by atoms with Crippen LogP contribution in [0.3, 0.4) is 0 Å². The molecule has 3 rings (SSSR count). The van der Waals surface area contributed by atoms with Crippen molar-refractivity contribution in [1.29, 1.82) is 0 Å². The summed E-state index contributed by atoms with van der Waals surface area (Å²) >= 11 is 7.76. The highest BCUT2D eigenvalue weighted by molar-refractivity contribution is 7.14. The lowest BCUT2D eigenvalue weighted by Crippen LogP contribution is -2.28. The summed E-state index contributed by atoms with van der Waals surface area (Å²) in [5.41, 5.74) is 8.85. The molecule has 0 radical (unpaired) electrons. The van der Waals surface area contributed by atoms with E-state index in [0.29, 0.717) is 5.92 Å². The van der Waals surface area contributed by atoms with E-state index < -0.39 is 0 Å². The summed E-state index contributed by atoms with van der Waals surface area (Å²) in [6.07, 6.45) is 0. The van der Waals surface area contributed by atoms with Crippen LogP contribution in [0.4, 0.5) is 0 Å². The number of likely N-dealkylation sites (tertiary alicyclic amines) is 1. The lowest BCUT2D eigenvalue weighted by Gasteiger charge is -2.15. The molecule has 0 spiro atoms. The molecule has 0 unspecified atom stereocenters. The maximum absolute atomic E-state index is 6.30. The van der Waals surface area contributed by atoms with Crippen molar-refractivity contribution in [2.75, 3.05) is 13.1 Å². The Labute approximate surface area is 135 Å². The van der Waals surface area contributed by atoms with Gasteiger partial charge in [-0.15, -0.1) is 23.7 Å². The smallest absolute Gasteiger partial charge is 0.0973 e. The Balaban J connectivity index is 0.00000147. The Bertz CT molecular complexity index is 544. The summed E-state index contributed by atoms with van der Waals surface area (Å²) in [6.45, 7) is 2.85. The molecular formula is C15H18Cl2N2S. The molecule has 2 atom stereocenters. The molecule has 1 saturated heterocycles. The third-order valence-electron chi connectivity index (χ3n) is 3.76. The van der Waals surface area contributed by atoms with Crippen LogP contribution in [0, 0.1) is 0 Å². The quantitative estimate of drug-likeness (QED) is 0.929. The highest BCUT2D eigenvalue weighted by atomic mass is 35.5. The minimum absolute atomic E-state index is 0. The molecule has 108 valence electrons. The Morgan fingerprint density at radius 2 is 1.95 bits per heavy atom. The molecule has 0 saturated carbocycles. The van der Waals surface area contributed by atoms with Crippen molar-refractivity contribution in [3.63, 3.8) is 0 Å². The van der Waals surface area contributed by atoms with Gasteiger partial charge in [-0.2, -0.15) is 0 Å². The highest BCUT2D eigenvalue weighted by Gasteiger charge is 2.31. The topological polar surface area (TPSA) is 29.3 Å². The second-order valence-corrected chi connectivity index (χ2v) is 6.61. The van der Waals surface area contributed by atoms with Gasteiger partial charge in [0.15, 0.2) is 0 Å². The fourth-order valence-corrected chi connectivity index (χ4v) is 3.68. The average molecular weight is 329 g/mol. The van der Waals surface area contributed by atoms with Crippen LogP contribution in [0.5, 0.6) is 0 Å². The largest absolute Gasteiger partial charge is 0.326 e. The third-order valence-corrected chi connectivity index (χ3v) is 5.01. The van der Waals surface area contributed by atoms with Crippen LogP contribution >= 0.6 is 35.3 Å². The fraction of sp³-hybridized carbons (Fsp3) is 0.333. The third kappa shape index (κ3) is 3.35. The predicted molar refractivity (Wildman–Crippen MR) is 89.0 cm³/mol. The van der Waals surface area contributed by atoms with Gasteiger partial charge < -0.3 is 5.73 Å². The number of thiophene rings is 1. The number of rotatable bonds is 3. The molecule has 0 aliphatic carbocycles. The van der Waals surface area contributed by atoms with Gasteiger partial charge in [0.05, 0.1) is 4.34 Å². The van der Waals surface area contributed by atoms with Crippen molar-refractivity contribution in [2.24, 2.45) is 5.73 Å². The fourth-order valence-electron chi connectivity index (χ4n) is 2.77. The van der Waals surface area contributed by atoms with E-state index in [1.807, 2.05) is 11.4 Å². The summed E-state index contributed by atoms with van der Waals surface area (Å²) in [5.74, 6) is 0.429. The summed E-state index contributed by atoms with van der Waals surface area (Å²) < 4.78 is 0.900. The lowest BCUT2D eigenvalue weighted by molar-refractivity contribution is 0.324. The Kier molecular flexibility index (Phi) is 5.47. The first kappa shape index (κ1) is 15.8. The van der Waals surface area contributed by atoms with E-state index in [9.17, 15) is 0 Å². The van der Waals surface area contributed by atoms with Crippen molar-refractivity contribution < 1.29 is 0 Å². The van der Waals surface area contributed by atoms with Crippen molar-refractivity contribution in [1.82, 2.24) is 4.90 Å². The van der Waals surface area contributed by atoms with Gasteiger partial charge in [-0.1, -0.05) is 41.9 Å². The van der Waals surface area contributed by atoms with Gasteiger partial charge in [0.1, 0.15) is 0 Å². The summed E-state index contributed by atoms with van der Waals surface area (Å²) in [6, 6.07) is 12.9. The number of hydrogen-bond acceptors (Lipinski definition) is 3. The van der Waals surface area contributed by atoms with E-state index in [0.717, 1.165) is 24.0 Å². The second kappa shape index (κ2) is 6.92. The second-order valence-electron chi connectivity index (χ2n) is 5.09. The maximum Gasteiger partial charge on any atom is 0.0973 e. The normalized spacial score (nSPS) is 22.7. The summed E-state index contributed by atoms with van der Waals surface area (Å²) in [7, 11) is 0.